The van der Waals surface area contributed by atoms with E-state index >= 15 is 0 Å². The van der Waals surface area contributed by atoms with Gasteiger partial charge in [0.05, 0.1) is 18.3 Å². The number of aryl methyl sites for hydroxylation is 1. The van der Waals surface area contributed by atoms with E-state index in [0.717, 1.165) is 44.2 Å². The summed E-state index contributed by atoms with van der Waals surface area (Å²) < 4.78 is 0. The van der Waals surface area contributed by atoms with E-state index in [4.69, 9.17) is 5.11 Å². The number of likely N-dealkylation sites (N-methyl/N-ethyl adjacent to an activating group) is 1. The zero-order valence-corrected chi connectivity index (χ0v) is 16.9. The van der Waals surface area contributed by atoms with Crippen molar-refractivity contribution in [3.8, 4) is 0 Å². The summed E-state index contributed by atoms with van der Waals surface area (Å²) in [6.07, 6.45) is 7.40. The van der Waals surface area contributed by atoms with Gasteiger partial charge < -0.3 is 15.3 Å². The van der Waals surface area contributed by atoms with Crippen molar-refractivity contribution in [2.24, 2.45) is 0 Å². The van der Waals surface area contributed by atoms with Crippen LogP contribution in [0, 0.1) is 0 Å². The summed E-state index contributed by atoms with van der Waals surface area (Å²) in [7, 11) is 0. The lowest BCUT2D eigenvalue weighted by molar-refractivity contribution is -0.139. The van der Waals surface area contributed by atoms with Crippen LogP contribution < -0.4 is 5.32 Å². The quantitative estimate of drug-likeness (QED) is 0.715. The molecule has 1 saturated carbocycles. The van der Waals surface area contributed by atoms with Crippen LogP contribution in [-0.4, -0.2) is 63.6 Å². The number of urea groups is 1. The van der Waals surface area contributed by atoms with Crippen LogP contribution in [0.3, 0.4) is 0 Å². The van der Waals surface area contributed by atoms with Crippen LogP contribution in [0.15, 0.2) is 18.3 Å². The molecule has 1 aromatic heterocycles. The first kappa shape index (κ1) is 20.6. The number of hydrogen-bond acceptors (Lipinski definition) is 4. The average molecular weight is 389 g/mol. The standard InChI is InChI=1S/C21H32N4O3/c1-3-11-25(18-9-5-7-15-8-6-10-22-20(15)18)21(28)23-16-12-17(13-16)24(4-2)14-19(26)27/h6,8,10,16-18H,3-5,7,9,11-14H2,1-2H3,(H,23,28)(H,26,27). The number of carboxylic acids is 1. The van der Waals surface area contributed by atoms with E-state index in [0.29, 0.717) is 13.1 Å². The predicted octanol–water partition coefficient (Wildman–Crippen LogP) is 2.82. The molecular formula is C21H32N4O3. The highest BCUT2D eigenvalue weighted by Gasteiger charge is 2.37. The Kier molecular flexibility index (Phi) is 6.88. The lowest BCUT2D eigenvalue weighted by Gasteiger charge is -2.43. The topological polar surface area (TPSA) is 85.8 Å². The van der Waals surface area contributed by atoms with Gasteiger partial charge in [0, 0.05) is 24.8 Å². The average Bonchev–Trinajstić information content (AvgIpc) is 2.66. The van der Waals surface area contributed by atoms with Gasteiger partial charge in [0.1, 0.15) is 0 Å². The fourth-order valence-electron chi connectivity index (χ4n) is 4.46. The molecule has 1 aromatic rings. The van der Waals surface area contributed by atoms with E-state index in [1.54, 1.807) is 0 Å². The van der Waals surface area contributed by atoms with Crippen LogP contribution >= 0.6 is 0 Å². The number of amides is 2. The molecule has 2 aliphatic carbocycles. The summed E-state index contributed by atoms with van der Waals surface area (Å²) in [4.78, 5) is 32.5. The Hall–Kier alpha value is -2.15. The second-order valence-corrected chi connectivity index (χ2v) is 7.88. The minimum Gasteiger partial charge on any atom is -0.480 e. The number of carboxylic acid groups (broad SMARTS) is 1. The number of hydrogen-bond donors (Lipinski definition) is 2. The van der Waals surface area contributed by atoms with Crippen LogP contribution in [0.4, 0.5) is 4.79 Å². The number of aliphatic carboxylic acids is 1. The van der Waals surface area contributed by atoms with Gasteiger partial charge in [0.15, 0.2) is 0 Å². The van der Waals surface area contributed by atoms with E-state index < -0.39 is 5.97 Å². The first-order valence-corrected chi connectivity index (χ1v) is 10.5. The summed E-state index contributed by atoms with van der Waals surface area (Å²) in [5.74, 6) is -0.799. The van der Waals surface area contributed by atoms with E-state index in [-0.39, 0.29) is 30.7 Å². The highest BCUT2D eigenvalue weighted by atomic mass is 16.4. The van der Waals surface area contributed by atoms with E-state index in [1.807, 2.05) is 29.0 Å². The summed E-state index contributed by atoms with van der Waals surface area (Å²) in [6, 6.07) is 4.47. The molecule has 0 bridgehead atoms. The van der Waals surface area contributed by atoms with Crippen molar-refractivity contribution in [1.82, 2.24) is 20.1 Å². The van der Waals surface area contributed by atoms with Crippen LogP contribution in [0.5, 0.6) is 0 Å². The van der Waals surface area contributed by atoms with Gasteiger partial charge in [-0.3, -0.25) is 14.7 Å². The monoisotopic (exact) mass is 388 g/mol. The number of fused-ring (bicyclic) bond motifs is 1. The highest BCUT2D eigenvalue weighted by molar-refractivity contribution is 5.75. The Morgan fingerprint density at radius 3 is 2.79 bits per heavy atom. The second-order valence-electron chi connectivity index (χ2n) is 7.88. The maximum Gasteiger partial charge on any atom is 0.318 e. The molecule has 0 saturated heterocycles. The van der Waals surface area contributed by atoms with E-state index in [9.17, 15) is 9.59 Å². The predicted molar refractivity (Wildman–Crippen MR) is 107 cm³/mol. The molecule has 7 nitrogen and oxygen atoms in total. The fourth-order valence-corrected chi connectivity index (χ4v) is 4.46. The van der Waals surface area contributed by atoms with Crippen molar-refractivity contribution in [3.05, 3.63) is 29.6 Å². The third-order valence-electron chi connectivity index (χ3n) is 5.97. The lowest BCUT2D eigenvalue weighted by Crippen LogP contribution is -2.57. The highest BCUT2D eigenvalue weighted by Crippen LogP contribution is 2.33. The van der Waals surface area contributed by atoms with Gasteiger partial charge >= 0.3 is 12.0 Å². The molecule has 1 atom stereocenters. The number of nitrogens with zero attached hydrogens (tertiary/aromatic N) is 3. The van der Waals surface area contributed by atoms with Crippen LogP contribution in [0.2, 0.25) is 0 Å². The third kappa shape index (κ3) is 4.63. The van der Waals surface area contributed by atoms with Crippen molar-refractivity contribution < 1.29 is 14.7 Å². The van der Waals surface area contributed by atoms with Crippen molar-refractivity contribution >= 4 is 12.0 Å². The number of carbonyl (C=O) groups is 2. The summed E-state index contributed by atoms with van der Waals surface area (Å²) in [6.45, 7) is 5.55. The lowest BCUT2D eigenvalue weighted by atomic mass is 9.85. The fraction of sp³-hybridized carbons (Fsp3) is 0.667. The molecule has 1 heterocycles. The smallest absolute Gasteiger partial charge is 0.318 e. The number of pyridine rings is 1. The van der Waals surface area contributed by atoms with Crippen molar-refractivity contribution in [3.63, 3.8) is 0 Å². The third-order valence-corrected chi connectivity index (χ3v) is 5.97. The Morgan fingerprint density at radius 2 is 2.11 bits per heavy atom. The van der Waals surface area contributed by atoms with Gasteiger partial charge in [-0.05, 0) is 56.7 Å². The summed E-state index contributed by atoms with van der Waals surface area (Å²) >= 11 is 0. The Balaban J connectivity index is 1.60. The Morgan fingerprint density at radius 1 is 1.32 bits per heavy atom. The van der Waals surface area contributed by atoms with E-state index in [1.165, 1.54) is 5.56 Å². The number of carbonyl (C=O) groups excluding carboxylic acids is 1. The molecule has 7 heteroatoms. The van der Waals surface area contributed by atoms with Crippen LogP contribution in [0.1, 0.15) is 63.3 Å². The van der Waals surface area contributed by atoms with Crippen LogP contribution in [0.25, 0.3) is 0 Å². The summed E-state index contributed by atoms with van der Waals surface area (Å²) in [5.41, 5.74) is 2.30. The largest absolute Gasteiger partial charge is 0.480 e. The number of nitrogens with one attached hydrogen (secondary N) is 1. The molecule has 0 aromatic carbocycles. The minimum absolute atomic E-state index is 0.0184. The van der Waals surface area contributed by atoms with Gasteiger partial charge in [0.2, 0.25) is 0 Å². The van der Waals surface area contributed by atoms with Crippen molar-refractivity contribution in [2.45, 2.75) is 70.5 Å². The van der Waals surface area contributed by atoms with Crippen molar-refractivity contribution in [2.75, 3.05) is 19.6 Å². The molecule has 1 unspecified atom stereocenters. The number of rotatable bonds is 8. The molecule has 154 valence electrons. The van der Waals surface area contributed by atoms with Crippen LogP contribution in [-0.2, 0) is 11.2 Å². The second kappa shape index (κ2) is 9.37. The van der Waals surface area contributed by atoms with Gasteiger partial charge in [0.25, 0.3) is 0 Å². The normalized spacial score (nSPS) is 23.6. The number of aromatic nitrogens is 1. The molecular weight excluding hydrogens is 356 g/mol. The maximum absolute atomic E-state index is 13.0. The minimum atomic E-state index is -0.799. The van der Waals surface area contributed by atoms with Gasteiger partial charge in [-0.2, -0.15) is 0 Å². The first-order valence-electron chi connectivity index (χ1n) is 10.5. The van der Waals surface area contributed by atoms with Crippen molar-refractivity contribution in [1.29, 1.82) is 0 Å². The van der Waals surface area contributed by atoms with E-state index in [2.05, 4.69) is 23.3 Å². The van der Waals surface area contributed by atoms with Gasteiger partial charge in [-0.1, -0.05) is 19.9 Å². The molecule has 28 heavy (non-hydrogen) atoms. The molecule has 0 aliphatic heterocycles. The molecule has 0 spiro atoms. The summed E-state index contributed by atoms with van der Waals surface area (Å²) in [5, 5.41) is 12.2. The molecule has 3 rings (SSSR count). The molecule has 1 fully saturated rings. The molecule has 2 amide bonds. The van der Waals surface area contributed by atoms with Gasteiger partial charge in [-0.25, -0.2) is 4.79 Å². The molecule has 2 aliphatic rings. The SMILES string of the molecule is CCCN(C(=O)NC1CC(N(CC)CC(=O)O)C1)C1CCCc2cccnc21. The first-order chi connectivity index (χ1) is 13.5. The molecule has 0 radical (unpaired) electrons. The zero-order valence-electron chi connectivity index (χ0n) is 16.9. The Labute approximate surface area is 167 Å². The Bertz CT molecular complexity index is 690. The zero-order chi connectivity index (χ0) is 20.1. The maximum atomic E-state index is 13.0. The molecule has 2 N–H and O–H groups in total. The van der Waals surface area contributed by atoms with Gasteiger partial charge in [-0.15, -0.1) is 0 Å².